The molecule has 1 N–H and O–H groups in total. The highest BCUT2D eigenvalue weighted by molar-refractivity contribution is 7.86. The molecule has 1 aliphatic rings. The van der Waals surface area contributed by atoms with E-state index in [0.29, 0.717) is 17.1 Å². The summed E-state index contributed by atoms with van der Waals surface area (Å²) >= 11 is 0. The van der Waals surface area contributed by atoms with Crippen LogP contribution in [-0.2, 0) is 10.3 Å². The summed E-state index contributed by atoms with van der Waals surface area (Å²) in [5, 5.41) is 2.71. The molecule has 74 valence electrons. The molecule has 0 aliphatic carbocycles. The molecule has 0 bridgehead atoms. The lowest BCUT2D eigenvalue weighted by atomic mass is 10.2. The van der Waals surface area contributed by atoms with Crippen LogP contribution in [0.15, 0.2) is 28.7 Å². The minimum Gasteiger partial charge on any atom is -0.372 e. The van der Waals surface area contributed by atoms with E-state index in [9.17, 15) is 8.42 Å². The second-order valence-electron chi connectivity index (χ2n) is 2.70. The molecule has 1 aromatic carbocycles. The van der Waals surface area contributed by atoms with Crippen molar-refractivity contribution in [2.75, 3.05) is 7.05 Å². The lowest BCUT2D eigenvalue weighted by Gasteiger charge is -2.15. The molecule has 0 fully saturated rings. The second kappa shape index (κ2) is 2.98. The van der Waals surface area contributed by atoms with Crippen molar-refractivity contribution in [3.63, 3.8) is 0 Å². The third-order valence-electron chi connectivity index (χ3n) is 1.78. The van der Waals surface area contributed by atoms with Crippen molar-refractivity contribution in [1.82, 2.24) is 5.32 Å². The Morgan fingerprint density at radius 2 is 2.07 bits per heavy atom. The van der Waals surface area contributed by atoms with Crippen molar-refractivity contribution in [3.8, 4) is 5.75 Å². The summed E-state index contributed by atoms with van der Waals surface area (Å²) in [7, 11) is -2.22. The first-order valence-corrected chi connectivity index (χ1v) is 5.30. The van der Waals surface area contributed by atoms with Crippen LogP contribution in [0.4, 0.5) is 0 Å². The van der Waals surface area contributed by atoms with Crippen LogP contribution in [0.1, 0.15) is 5.56 Å². The molecule has 0 atom stereocenters. The molecule has 0 unspecified atom stereocenters. The second-order valence-corrected chi connectivity index (χ2v) is 3.90. The monoisotopic (exact) mass is 212 g/mol. The summed E-state index contributed by atoms with van der Waals surface area (Å²) in [5.41, 5.74) is 0.643. The largest absolute Gasteiger partial charge is 0.430 e. The summed E-state index contributed by atoms with van der Waals surface area (Å²) in [6, 6.07) is 6.80. The minimum atomic E-state index is -3.83. The number of rotatable bonds is 0. The van der Waals surface area contributed by atoms with Crippen molar-refractivity contribution in [1.29, 1.82) is 0 Å². The Kier molecular flexibility index (Phi) is 1.92. The topological polar surface area (TPSA) is 67.8 Å². The lowest BCUT2D eigenvalue weighted by Crippen LogP contribution is -2.27. The van der Waals surface area contributed by atoms with Crippen molar-refractivity contribution in [2.24, 2.45) is 4.40 Å². The van der Waals surface area contributed by atoms with Crippen molar-refractivity contribution >= 4 is 16.1 Å². The maximum Gasteiger partial charge on any atom is 0.430 e. The summed E-state index contributed by atoms with van der Waals surface area (Å²) in [6.07, 6.45) is 0. The van der Waals surface area contributed by atoms with Gasteiger partial charge in [0, 0.05) is 7.05 Å². The van der Waals surface area contributed by atoms with Gasteiger partial charge in [-0.05, 0) is 12.1 Å². The fourth-order valence-electron chi connectivity index (χ4n) is 1.21. The Morgan fingerprint density at radius 1 is 1.36 bits per heavy atom. The van der Waals surface area contributed by atoms with Crippen molar-refractivity contribution < 1.29 is 12.6 Å². The number of amidine groups is 1. The third-order valence-corrected chi connectivity index (χ3v) is 2.57. The van der Waals surface area contributed by atoms with Gasteiger partial charge < -0.3 is 9.50 Å². The molecule has 6 heteroatoms. The van der Waals surface area contributed by atoms with E-state index in [0.717, 1.165) is 0 Å². The number of fused-ring (bicyclic) bond motifs is 1. The molecule has 0 radical (unpaired) electrons. The molecule has 14 heavy (non-hydrogen) atoms. The van der Waals surface area contributed by atoms with Gasteiger partial charge in [-0.3, -0.25) is 0 Å². The normalized spacial score (nSPS) is 17.6. The average Bonchev–Trinajstić information content (AvgIpc) is 2.15. The first-order valence-electron chi connectivity index (χ1n) is 3.94. The molecule has 1 heterocycles. The zero-order valence-electron chi connectivity index (χ0n) is 7.39. The lowest BCUT2D eigenvalue weighted by molar-refractivity contribution is 0.484. The van der Waals surface area contributed by atoms with E-state index in [2.05, 4.69) is 9.71 Å². The van der Waals surface area contributed by atoms with Gasteiger partial charge >= 0.3 is 10.3 Å². The SMILES string of the molecule is CNC1=NS(=O)(=O)Oc2ccccc21. The fraction of sp³-hybridized carbons (Fsp3) is 0.125. The van der Waals surface area contributed by atoms with Gasteiger partial charge in [-0.2, -0.15) is 8.42 Å². The van der Waals surface area contributed by atoms with Gasteiger partial charge in [0.1, 0.15) is 0 Å². The Balaban J connectivity index is 2.65. The maximum absolute atomic E-state index is 11.1. The van der Waals surface area contributed by atoms with Crippen LogP contribution < -0.4 is 9.50 Å². The molecular formula is C8H8N2O3S. The molecule has 0 spiro atoms. The van der Waals surface area contributed by atoms with Crippen LogP contribution in [0.2, 0.25) is 0 Å². The summed E-state index contributed by atoms with van der Waals surface area (Å²) in [5.74, 6) is 0.596. The highest BCUT2D eigenvalue weighted by Gasteiger charge is 2.23. The molecular weight excluding hydrogens is 204 g/mol. The molecule has 2 rings (SSSR count). The van der Waals surface area contributed by atoms with Gasteiger partial charge in [-0.1, -0.05) is 12.1 Å². The maximum atomic E-state index is 11.1. The highest BCUT2D eigenvalue weighted by Crippen LogP contribution is 2.24. The third kappa shape index (κ3) is 1.44. The van der Waals surface area contributed by atoms with Crippen LogP contribution in [0, 0.1) is 0 Å². The average molecular weight is 212 g/mol. The van der Waals surface area contributed by atoms with Crippen LogP contribution in [0.5, 0.6) is 5.75 Å². The van der Waals surface area contributed by atoms with Gasteiger partial charge in [0.05, 0.1) is 5.56 Å². The van der Waals surface area contributed by atoms with Crippen molar-refractivity contribution in [2.45, 2.75) is 0 Å². The number of nitrogens with zero attached hydrogens (tertiary/aromatic N) is 1. The van der Waals surface area contributed by atoms with E-state index in [4.69, 9.17) is 4.18 Å². The quantitative estimate of drug-likeness (QED) is 0.671. The first-order chi connectivity index (χ1) is 6.62. The number of hydrogen-bond donors (Lipinski definition) is 1. The van der Waals surface area contributed by atoms with Crippen LogP contribution in [0.3, 0.4) is 0 Å². The smallest absolute Gasteiger partial charge is 0.372 e. The summed E-state index contributed by atoms with van der Waals surface area (Å²) in [4.78, 5) is 0. The highest BCUT2D eigenvalue weighted by atomic mass is 32.2. The van der Waals surface area contributed by atoms with E-state index in [1.807, 2.05) is 0 Å². The Bertz CT molecular complexity index is 493. The zero-order valence-corrected chi connectivity index (χ0v) is 8.21. The van der Waals surface area contributed by atoms with Crippen LogP contribution in [-0.4, -0.2) is 21.3 Å². The molecule has 0 saturated heterocycles. The predicted molar refractivity (Wildman–Crippen MR) is 51.6 cm³/mol. The fourth-order valence-corrected chi connectivity index (χ4v) is 2.03. The van der Waals surface area contributed by atoms with Crippen molar-refractivity contribution in [3.05, 3.63) is 29.8 Å². The van der Waals surface area contributed by atoms with Gasteiger partial charge in [-0.15, -0.1) is 4.40 Å². The van der Waals surface area contributed by atoms with E-state index in [1.165, 1.54) is 0 Å². The van der Waals surface area contributed by atoms with Gasteiger partial charge in [0.15, 0.2) is 11.6 Å². The van der Waals surface area contributed by atoms with Crippen LogP contribution in [0.25, 0.3) is 0 Å². The van der Waals surface area contributed by atoms with E-state index in [1.54, 1.807) is 31.3 Å². The van der Waals surface area contributed by atoms with Gasteiger partial charge in [0.2, 0.25) is 0 Å². The standard InChI is InChI=1S/C8H8N2O3S/c1-9-8-6-4-2-3-5-7(6)13-14(11,12)10-8/h2-5H,1H3,(H,9,10). The summed E-state index contributed by atoms with van der Waals surface area (Å²) in [6.45, 7) is 0. The molecule has 5 nitrogen and oxygen atoms in total. The molecule has 0 aromatic heterocycles. The Labute approximate surface area is 81.7 Å². The van der Waals surface area contributed by atoms with Gasteiger partial charge in [0.25, 0.3) is 0 Å². The number of benzene rings is 1. The van der Waals surface area contributed by atoms with E-state index >= 15 is 0 Å². The molecule has 1 aromatic rings. The number of para-hydroxylation sites is 1. The molecule has 0 saturated carbocycles. The summed E-state index contributed by atoms with van der Waals surface area (Å²) < 4.78 is 30.4. The number of hydrogen-bond acceptors (Lipinski definition) is 4. The minimum absolute atomic E-state index is 0.298. The zero-order chi connectivity index (χ0) is 10.2. The predicted octanol–water partition coefficient (Wildman–Crippen LogP) is 0.290. The molecule has 0 amide bonds. The van der Waals surface area contributed by atoms with E-state index < -0.39 is 10.3 Å². The van der Waals surface area contributed by atoms with E-state index in [-0.39, 0.29) is 0 Å². The first kappa shape index (κ1) is 9.01. The number of nitrogens with one attached hydrogen (secondary N) is 1. The molecule has 1 aliphatic heterocycles. The van der Waals surface area contributed by atoms with Crippen LogP contribution >= 0.6 is 0 Å². The Morgan fingerprint density at radius 3 is 2.79 bits per heavy atom. The Hall–Kier alpha value is -1.56. The van der Waals surface area contributed by atoms with Gasteiger partial charge in [-0.25, -0.2) is 0 Å².